The van der Waals surface area contributed by atoms with E-state index in [9.17, 15) is 14.4 Å². The van der Waals surface area contributed by atoms with Crippen molar-refractivity contribution < 1.29 is 14.4 Å². The molecule has 3 aromatic rings. The molecule has 1 N–H and O–H groups in total. The molecule has 0 spiro atoms. The van der Waals surface area contributed by atoms with Crippen LogP contribution in [-0.2, 0) is 4.79 Å². The van der Waals surface area contributed by atoms with Crippen molar-refractivity contribution in [1.82, 2.24) is 9.88 Å². The minimum absolute atomic E-state index is 0.327. The maximum Gasteiger partial charge on any atom is 0.262 e. The molecule has 1 aromatic heterocycles. The number of nitrogens with zero attached hydrogens (tertiary/aromatic N) is 2. The first-order valence-corrected chi connectivity index (χ1v) is 9.34. The van der Waals surface area contributed by atoms with Gasteiger partial charge in [-0.2, -0.15) is 0 Å². The van der Waals surface area contributed by atoms with Crippen LogP contribution in [0.5, 0.6) is 0 Å². The Hall–Kier alpha value is -3.06. The fraction of sp³-hybridized carbons (Fsp3) is 0.200. The van der Waals surface area contributed by atoms with E-state index < -0.39 is 23.8 Å². The first kappa shape index (κ1) is 17.4. The van der Waals surface area contributed by atoms with Gasteiger partial charge < -0.3 is 5.32 Å². The second-order valence-electron chi connectivity index (χ2n) is 6.56. The molecule has 2 aromatic carbocycles. The molecule has 4 rings (SSSR count). The number of hydrogen-bond donors (Lipinski definition) is 1. The molecule has 136 valence electrons. The number of thiazole rings is 1. The standard InChI is InChI=1S/C20H17N3O3S/c1-10-8-9-15-16(11(10)2)21-20(27-15)22-17(24)12(3)23-18(25)13-6-4-5-7-14(13)19(23)26/h4-9,12H,1-3H3,(H,21,22,24). The van der Waals surface area contributed by atoms with Crippen LogP contribution in [0.3, 0.4) is 0 Å². The quantitative estimate of drug-likeness (QED) is 0.706. The van der Waals surface area contributed by atoms with Crippen LogP contribution in [0.1, 0.15) is 38.8 Å². The molecular formula is C20H17N3O3S. The summed E-state index contributed by atoms with van der Waals surface area (Å²) in [6.07, 6.45) is 0. The number of fused-ring (bicyclic) bond motifs is 2. The van der Waals surface area contributed by atoms with Crippen molar-refractivity contribution in [2.24, 2.45) is 0 Å². The number of amides is 3. The van der Waals surface area contributed by atoms with Crippen LogP contribution in [0, 0.1) is 13.8 Å². The summed E-state index contributed by atoms with van der Waals surface area (Å²) < 4.78 is 0.974. The number of rotatable bonds is 3. The smallest absolute Gasteiger partial charge is 0.262 e. The van der Waals surface area contributed by atoms with Crippen LogP contribution in [0.15, 0.2) is 36.4 Å². The zero-order valence-corrected chi connectivity index (χ0v) is 15.9. The Balaban J connectivity index is 1.58. The van der Waals surface area contributed by atoms with E-state index in [0.717, 1.165) is 26.2 Å². The van der Waals surface area contributed by atoms with Crippen LogP contribution in [-0.4, -0.2) is 33.6 Å². The lowest BCUT2D eigenvalue weighted by Crippen LogP contribution is -2.45. The lowest BCUT2D eigenvalue weighted by molar-refractivity contribution is -0.119. The second-order valence-corrected chi connectivity index (χ2v) is 7.59. The molecule has 1 unspecified atom stereocenters. The zero-order valence-electron chi connectivity index (χ0n) is 15.1. The van der Waals surface area contributed by atoms with Gasteiger partial charge in [-0.05, 0) is 50.1 Å². The minimum atomic E-state index is -0.938. The molecule has 27 heavy (non-hydrogen) atoms. The van der Waals surface area contributed by atoms with E-state index in [1.54, 1.807) is 31.2 Å². The molecule has 1 aliphatic rings. The van der Waals surface area contributed by atoms with E-state index in [2.05, 4.69) is 10.3 Å². The molecule has 0 fully saturated rings. The Kier molecular flexibility index (Phi) is 4.04. The Morgan fingerprint density at radius 1 is 1.07 bits per heavy atom. The lowest BCUT2D eigenvalue weighted by Gasteiger charge is -2.21. The molecule has 0 saturated carbocycles. The van der Waals surface area contributed by atoms with Crippen LogP contribution in [0.2, 0.25) is 0 Å². The van der Waals surface area contributed by atoms with Crippen molar-refractivity contribution in [2.75, 3.05) is 5.32 Å². The maximum absolute atomic E-state index is 12.7. The number of carbonyl (C=O) groups is 3. The molecule has 0 aliphatic carbocycles. The van der Waals surface area contributed by atoms with Crippen molar-refractivity contribution >= 4 is 44.4 Å². The maximum atomic E-state index is 12.7. The fourth-order valence-electron chi connectivity index (χ4n) is 3.17. The Bertz CT molecular complexity index is 1080. The molecule has 1 aliphatic heterocycles. The van der Waals surface area contributed by atoms with Crippen molar-refractivity contribution in [3.8, 4) is 0 Å². The predicted molar refractivity (Wildman–Crippen MR) is 104 cm³/mol. The van der Waals surface area contributed by atoms with E-state index >= 15 is 0 Å². The molecule has 0 radical (unpaired) electrons. The normalized spacial score (nSPS) is 14.6. The van der Waals surface area contributed by atoms with Crippen LogP contribution < -0.4 is 5.32 Å². The summed E-state index contributed by atoms with van der Waals surface area (Å²) in [7, 11) is 0. The summed E-state index contributed by atoms with van der Waals surface area (Å²) in [6.45, 7) is 5.54. The van der Waals surface area contributed by atoms with Gasteiger partial charge in [-0.1, -0.05) is 29.5 Å². The summed E-state index contributed by atoms with van der Waals surface area (Å²) >= 11 is 1.37. The average Bonchev–Trinajstić information content (AvgIpc) is 3.18. The third-order valence-electron chi connectivity index (χ3n) is 4.91. The van der Waals surface area contributed by atoms with E-state index in [-0.39, 0.29) is 0 Å². The van der Waals surface area contributed by atoms with E-state index in [0.29, 0.717) is 16.3 Å². The highest BCUT2D eigenvalue weighted by Gasteiger charge is 2.40. The van der Waals surface area contributed by atoms with E-state index in [1.807, 2.05) is 26.0 Å². The minimum Gasteiger partial charge on any atom is -0.300 e. The van der Waals surface area contributed by atoms with Crippen molar-refractivity contribution in [2.45, 2.75) is 26.8 Å². The monoisotopic (exact) mass is 379 g/mol. The molecular weight excluding hydrogens is 362 g/mol. The summed E-state index contributed by atoms with van der Waals surface area (Å²) in [6, 6.07) is 9.64. The molecule has 6 nitrogen and oxygen atoms in total. The number of benzene rings is 2. The van der Waals surface area contributed by atoms with Gasteiger partial charge in [0.2, 0.25) is 5.91 Å². The average molecular weight is 379 g/mol. The second kappa shape index (κ2) is 6.28. The zero-order chi connectivity index (χ0) is 19.3. The van der Waals surface area contributed by atoms with Gasteiger partial charge in [-0.25, -0.2) is 4.98 Å². The van der Waals surface area contributed by atoms with Gasteiger partial charge in [-0.3, -0.25) is 19.3 Å². The lowest BCUT2D eigenvalue weighted by atomic mass is 10.1. The highest BCUT2D eigenvalue weighted by molar-refractivity contribution is 7.22. The summed E-state index contributed by atoms with van der Waals surface area (Å²) in [5.74, 6) is -1.35. The molecule has 0 saturated heterocycles. The molecule has 3 amide bonds. The first-order valence-electron chi connectivity index (χ1n) is 8.53. The molecule has 2 heterocycles. The Labute approximate surface area is 159 Å². The van der Waals surface area contributed by atoms with Crippen LogP contribution in [0.25, 0.3) is 10.2 Å². The highest BCUT2D eigenvalue weighted by atomic mass is 32.1. The third kappa shape index (κ3) is 2.71. The number of aryl methyl sites for hydroxylation is 2. The summed E-state index contributed by atoms with van der Waals surface area (Å²) in [4.78, 5) is 43.3. The van der Waals surface area contributed by atoms with E-state index in [1.165, 1.54) is 11.3 Å². The van der Waals surface area contributed by atoms with Gasteiger partial charge >= 0.3 is 0 Å². The number of aromatic nitrogens is 1. The van der Waals surface area contributed by atoms with Gasteiger partial charge in [0.15, 0.2) is 5.13 Å². The molecule has 0 bridgehead atoms. The number of carbonyl (C=O) groups excluding carboxylic acids is 3. The third-order valence-corrected chi connectivity index (χ3v) is 5.84. The van der Waals surface area contributed by atoms with Crippen molar-refractivity contribution in [1.29, 1.82) is 0 Å². The summed E-state index contributed by atoms with van der Waals surface area (Å²) in [5.41, 5.74) is 3.70. The Morgan fingerprint density at radius 3 is 2.33 bits per heavy atom. The highest BCUT2D eigenvalue weighted by Crippen LogP contribution is 2.30. The van der Waals surface area contributed by atoms with Gasteiger partial charge in [-0.15, -0.1) is 0 Å². The van der Waals surface area contributed by atoms with E-state index in [4.69, 9.17) is 0 Å². The van der Waals surface area contributed by atoms with Crippen LogP contribution in [0.4, 0.5) is 5.13 Å². The number of nitrogens with one attached hydrogen (secondary N) is 1. The Morgan fingerprint density at radius 2 is 1.70 bits per heavy atom. The summed E-state index contributed by atoms with van der Waals surface area (Å²) in [5, 5.41) is 3.20. The topological polar surface area (TPSA) is 79.4 Å². The van der Waals surface area contributed by atoms with Gasteiger partial charge in [0.1, 0.15) is 6.04 Å². The number of anilines is 1. The van der Waals surface area contributed by atoms with Crippen LogP contribution >= 0.6 is 11.3 Å². The largest absolute Gasteiger partial charge is 0.300 e. The SMILES string of the molecule is Cc1ccc2sc(NC(=O)C(C)N3C(=O)c4ccccc4C3=O)nc2c1C. The number of hydrogen-bond acceptors (Lipinski definition) is 5. The predicted octanol–water partition coefficient (Wildman–Crippen LogP) is 3.54. The van der Waals surface area contributed by atoms with Gasteiger partial charge in [0.25, 0.3) is 11.8 Å². The van der Waals surface area contributed by atoms with Crippen molar-refractivity contribution in [3.63, 3.8) is 0 Å². The first-order chi connectivity index (χ1) is 12.9. The molecule has 1 atom stereocenters. The van der Waals surface area contributed by atoms with Crippen molar-refractivity contribution in [3.05, 3.63) is 58.7 Å². The van der Waals surface area contributed by atoms with Gasteiger partial charge in [0.05, 0.1) is 21.3 Å². The number of imide groups is 1. The van der Waals surface area contributed by atoms with Gasteiger partial charge in [0, 0.05) is 0 Å². The fourth-order valence-corrected chi connectivity index (χ4v) is 4.09. The molecule has 7 heteroatoms.